The van der Waals surface area contributed by atoms with E-state index in [0.29, 0.717) is 5.41 Å². The van der Waals surface area contributed by atoms with E-state index < -0.39 is 0 Å². The van der Waals surface area contributed by atoms with Crippen molar-refractivity contribution >= 4 is 0 Å². The van der Waals surface area contributed by atoms with Crippen LogP contribution in [0.2, 0.25) is 0 Å². The molecule has 66 valence electrons. The molecule has 0 heterocycles. The van der Waals surface area contributed by atoms with E-state index in [9.17, 15) is 0 Å². The van der Waals surface area contributed by atoms with E-state index in [1.165, 1.54) is 19.3 Å². The van der Waals surface area contributed by atoms with Gasteiger partial charge in [0, 0.05) is 0 Å². The average Bonchev–Trinajstić information content (AvgIpc) is 1.85. The summed E-state index contributed by atoms with van der Waals surface area (Å²) < 4.78 is 0. The van der Waals surface area contributed by atoms with E-state index in [0.717, 1.165) is 0 Å². The Bertz CT molecular complexity index is 123. The third-order valence-electron chi connectivity index (χ3n) is 1.93. The van der Waals surface area contributed by atoms with Crippen LogP contribution in [0.1, 0.15) is 53.9 Å². The lowest BCUT2D eigenvalue weighted by Crippen LogP contribution is -2.09. The summed E-state index contributed by atoms with van der Waals surface area (Å²) in [7, 11) is 0. The van der Waals surface area contributed by atoms with Crippen molar-refractivity contribution in [2.45, 2.75) is 53.9 Å². The Hall–Kier alpha value is -0.260. The highest BCUT2D eigenvalue weighted by Crippen LogP contribution is 2.28. The van der Waals surface area contributed by atoms with Gasteiger partial charge < -0.3 is 0 Å². The molecular formula is C11H22. The summed E-state index contributed by atoms with van der Waals surface area (Å²) in [5.74, 6) is 0. The highest BCUT2D eigenvalue weighted by Gasteiger charge is 2.14. The Morgan fingerprint density at radius 3 is 2.00 bits per heavy atom. The van der Waals surface area contributed by atoms with Crippen LogP contribution >= 0.6 is 0 Å². The van der Waals surface area contributed by atoms with Gasteiger partial charge in [-0.3, -0.25) is 0 Å². The van der Waals surface area contributed by atoms with Gasteiger partial charge in [0.15, 0.2) is 0 Å². The van der Waals surface area contributed by atoms with E-state index >= 15 is 0 Å². The molecule has 0 N–H and O–H groups in total. The van der Waals surface area contributed by atoms with Crippen LogP contribution in [0.25, 0.3) is 0 Å². The minimum atomic E-state index is 0.381. The molecule has 0 atom stereocenters. The third kappa shape index (κ3) is 4.23. The smallest absolute Gasteiger partial charge is 0.0173 e. The predicted molar refractivity (Wildman–Crippen MR) is 52.7 cm³/mol. The van der Waals surface area contributed by atoms with Crippen molar-refractivity contribution in [3.05, 3.63) is 11.6 Å². The summed E-state index contributed by atoms with van der Waals surface area (Å²) in [5.41, 5.74) is 1.99. The highest BCUT2D eigenvalue weighted by molar-refractivity contribution is 5.10. The molecule has 0 aliphatic carbocycles. The molecule has 0 aliphatic heterocycles. The number of hydrogen-bond acceptors (Lipinski definition) is 0. The Morgan fingerprint density at radius 2 is 1.73 bits per heavy atom. The lowest BCUT2D eigenvalue weighted by molar-refractivity contribution is 0.478. The number of allylic oxidation sites excluding steroid dienone is 2. The second kappa shape index (κ2) is 4.58. The molecular weight excluding hydrogens is 132 g/mol. The van der Waals surface area contributed by atoms with E-state index in [4.69, 9.17) is 0 Å². The molecule has 0 aliphatic rings. The quantitative estimate of drug-likeness (QED) is 0.535. The maximum atomic E-state index is 2.38. The first-order chi connectivity index (χ1) is 5.02. The van der Waals surface area contributed by atoms with Crippen molar-refractivity contribution in [3.8, 4) is 0 Å². The van der Waals surface area contributed by atoms with Crippen LogP contribution in [0, 0.1) is 5.41 Å². The molecule has 0 rings (SSSR count). The average molecular weight is 154 g/mol. The van der Waals surface area contributed by atoms with Gasteiger partial charge in [-0.25, -0.2) is 0 Å². The van der Waals surface area contributed by atoms with Crippen LogP contribution < -0.4 is 0 Å². The molecule has 0 fully saturated rings. The Balaban J connectivity index is 4.22. The van der Waals surface area contributed by atoms with Crippen molar-refractivity contribution in [2.75, 3.05) is 0 Å². The van der Waals surface area contributed by atoms with Gasteiger partial charge in [0.2, 0.25) is 0 Å². The molecule has 0 aromatic carbocycles. The monoisotopic (exact) mass is 154 g/mol. The molecule has 0 nitrogen and oxygen atoms in total. The standard InChI is InChI=1S/C11H22/c1-6-8-10(9-7-2)11(3,4)5/h8H,6-7,9H2,1-5H3/b10-8+. The predicted octanol–water partition coefficient (Wildman–Crippen LogP) is 4.17. The molecule has 0 bridgehead atoms. The van der Waals surface area contributed by atoms with Crippen molar-refractivity contribution in [3.63, 3.8) is 0 Å². The zero-order valence-electron chi connectivity index (χ0n) is 8.70. The van der Waals surface area contributed by atoms with Crippen LogP contribution in [0.5, 0.6) is 0 Å². The molecule has 0 spiro atoms. The van der Waals surface area contributed by atoms with Crippen molar-refractivity contribution in [2.24, 2.45) is 5.41 Å². The molecule has 0 aromatic heterocycles. The SMILES string of the molecule is CC/C=C(\CCC)C(C)(C)C. The van der Waals surface area contributed by atoms with E-state index in [2.05, 4.69) is 40.7 Å². The Labute approximate surface area is 71.7 Å². The van der Waals surface area contributed by atoms with Crippen LogP contribution in [0.4, 0.5) is 0 Å². The van der Waals surface area contributed by atoms with Gasteiger partial charge in [-0.05, 0) is 18.3 Å². The second-order valence-corrected chi connectivity index (χ2v) is 4.14. The van der Waals surface area contributed by atoms with Gasteiger partial charge in [0.05, 0.1) is 0 Å². The summed E-state index contributed by atoms with van der Waals surface area (Å²) in [4.78, 5) is 0. The first-order valence-electron chi connectivity index (χ1n) is 4.71. The second-order valence-electron chi connectivity index (χ2n) is 4.14. The molecule has 0 saturated heterocycles. The Kier molecular flexibility index (Phi) is 4.48. The Morgan fingerprint density at radius 1 is 1.18 bits per heavy atom. The number of rotatable bonds is 3. The summed E-state index contributed by atoms with van der Waals surface area (Å²) in [6, 6.07) is 0. The van der Waals surface area contributed by atoms with Crippen molar-refractivity contribution in [1.82, 2.24) is 0 Å². The van der Waals surface area contributed by atoms with Gasteiger partial charge in [-0.15, -0.1) is 0 Å². The molecule has 0 amide bonds. The lowest BCUT2D eigenvalue weighted by Gasteiger charge is -2.22. The van der Waals surface area contributed by atoms with Crippen molar-refractivity contribution < 1.29 is 0 Å². The third-order valence-corrected chi connectivity index (χ3v) is 1.93. The maximum Gasteiger partial charge on any atom is -0.0173 e. The van der Waals surface area contributed by atoms with Crippen LogP contribution in [0.3, 0.4) is 0 Å². The molecule has 0 heteroatoms. The van der Waals surface area contributed by atoms with Gasteiger partial charge in [-0.2, -0.15) is 0 Å². The van der Waals surface area contributed by atoms with Crippen LogP contribution in [-0.2, 0) is 0 Å². The topological polar surface area (TPSA) is 0 Å². The largest absolute Gasteiger partial charge is 0.0851 e. The minimum Gasteiger partial charge on any atom is -0.0851 e. The van der Waals surface area contributed by atoms with E-state index in [1.54, 1.807) is 5.57 Å². The molecule has 0 saturated carbocycles. The maximum absolute atomic E-state index is 2.38. The number of hydrogen-bond donors (Lipinski definition) is 0. The highest BCUT2D eigenvalue weighted by atomic mass is 14.2. The zero-order valence-corrected chi connectivity index (χ0v) is 8.70. The molecule has 0 radical (unpaired) electrons. The van der Waals surface area contributed by atoms with E-state index in [1.807, 2.05) is 0 Å². The van der Waals surface area contributed by atoms with Gasteiger partial charge >= 0.3 is 0 Å². The molecule has 0 aromatic rings. The van der Waals surface area contributed by atoms with Gasteiger partial charge in [0.25, 0.3) is 0 Å². The van der Waals surface area contributed by atoms with Gasteiger partial charge in [0.1, 0.15) is 0 Å². The minimum absolute atomic E-state index is 0.381. The lowest BCUT2D eigenvalue weighted by atomic mass is 9.83. The zero-order chi connectivity index (χ0) is 8.91. The normalized spacial score (nSPS) is 13.7. The van der Waals surface area contributed by atoms with Crippen LogP contribution in [0.15, 0.2) is 11.6 Å². The summed E-state index contributed by atoms with van der Waals surface area (Å²) in [6.07, 6.45) is 6.08. The summed E-state index contributed by atoms with van der Waals surface area (Å²) >= 11 is 0. The summed E-state index contributed by atoms with van der Waals surface area (Å²) in [5, 5.41) is 0. The fourth-order valence-electron chi connectivity index (χ4n) is 1.30. The van der Waals surface area contributed by atoms with Crippen molar-refractivity contribution in [1.29, 1.82) is 0 Å². The van der Waals surface area contributed by atoms with E-state index in [-0.39, 0.29) is 0 Å². The van der Waals surface area contributed by atoms with Gasteiger partial charge in [-0.1, -0.05) is 52.7 Å². The summed E-state index contributed by atoms with van der Waals surface area (Å²) in [6.45, 7) is 11.3. The molecule has 11 heavy (non-hydrogen) atoms. The molecule has 0 unspecified atom stereocenters. The fraction of sp³-hybridized carbons (Fsp3) is 0.818. The van der Waals surface area contributed by atoms with Crippen LogP contribution in [-0.4, -0.2) is 0 Å². The fourth-order valence-corrected chi connectivity index (χ4v) is 1.30. The first kappa shape index (κ1) is 10.7. The first-order valence-corrected chi connectivity index (χ1v) is 4.71.